The molecule has 1 aliphatic rings. The van der Waals surface area contributed by atoms with Crippen LogP contribution in [0, 0.1) is 5.82 Å². The molecule has 19 heavy (non-hydrogen) atoms. The molecule has 2 aromatic heterocycles. The van der Waals surface area contributed by atoms with Crippen LogP contribution in [0.4, 0.5) is 4.39 Å². The normalized spacial score (nSPS) is 18.7. The van der Waals surface area contributed by atoms with E-state index in [1.165, 1.54) is 16.6 Å². The van der Waals surface area contributed by atoms with Crippen LogP contribution in [0.2, 0.25) is 0 Å². The monoisotopic (exact) mass is 274 g/mol. The molecule has 1 N–H and O–H groups in total. The van der Waals surface area contributed by atoms with Crippen molar-refractivity contribution in [2.75, 3.05) is 6.54 Å². The molecule has 0 saturated carbocycles. The SMILES string of the molecule is Fc1cccc(C2NCCc3c2sc2ncnn32)c1. The molecule has 0 spiro atoms. The molecular formula is C13H11FN4S. The molecule has 1 atom stereocenters. The summed E-state index contributed by atoms with van der Waals surface area (Å²) in [6.45, 7) is 0.861. The Morgan fingerprint density at radius 3 is 3.26 bits per heavy atom. The van der Waals surface area contributed by atoms with Gasteiger partial charge >= 0.3 is 0 Å². The zero-order valence-electron chi connectivity index (χ0n) is 10.0. The van der Waals surface area contributed by atoms with Gasteiger partial charge in [-0.1, -0.05) is 23.5 Å². The van der Waals surface area contributed by atoms with Crippen LogP contribution in [0.3, 0.4) is 0 Å². The van der Waals surface area contributed by atoms with E-state index < -0.39 is 0 Å². The number of benzene rings is 1. The number of nitrogens with one attached hydrogen (secondary N) is 1. The van der Waals surface area contributed by atoms with E-state index in [9.17, 15) is 4.39 Å². The minimum Gasteiger partial charge on any atom is -0.305 e. The van der Waals surface area contributed by atoms with Gasteiger partial charge in [0, 0.05) is 13.0 Å². The minimum absolute atomic E-state index is 0.0351. The molecule has 0 saturated heterocycles. The van der Waals surface area contributed by atoms with E-state index >= 15 is 0 Å². The summed E-state index contributed by atoms with van der Waals surface area (Å²) in [4.78, 5) is 6.32. The number of thiazole rings is 1. The Balaban J connectivity index is 1.88. The summed E-state index contributed by atoms with van der Waals surface area (Å²) in [6, 6.07) is 6.79. The highest BCUT2D eigenvalue weighted by atomic mass is 32.1. The zero-order chi connectivity index (χ0) is 12.8. The minimum atomic E-state index is -0.203. The van der Waals surface area contributed by atoms with Crippen LogP contribution in [-0.4, -0.2) is 21.1 Å². The van der Waals surface area contributed by atoms with Crippen molar-refractivity contribution in [2.24, 2.45) is 0 Å². The van der Waals surface area contributed by atoms with E-state index in [1.54, 1.807) is 29.8 Å². The molecule has 0 radical (unpaired) electrons. The zero-order valence-corrected chi connectivity index (χ0v) is 10.8. The molecule has 0 fully saturated rings. The van der Waals surface area contributed by atoms with Crippen LogP contribution >= 0.6 is 11.3 Å². The molecule has 1 aromatic carbocycles. The summed E-state index contributed by atoms with van der Waals surface area (Å²) in [5, 5.41) is 7.70. The fourth-order valence-electron chi connectivity index (χ4n) is 2.58. The largest absolute Gasteiger partial charge is 0.305 e. The number of rotatable bonds is 1. The van der Waals surface area contributed by atoms with E-state index in [1.807, 2.05) is 10.6 Å². The van der Waals surface area contributed by atoms with Gasteiger partial charge in [0.25, 0.3) is 0 Å². The lowest BCUT2D eigenvalue weighted by molar-refractivity contribution is 0.555. The number of hydrogen-bond acceptors (Lipinski definition) is 4. The van der Waals surface area contributed by atoms with Crippen LogP contribution < -0.4 is 5.32 Å². The van der Waals surface area contributed by atoms with Crippen molar-refractivity contribution in [2.45, 2.75) is 12.5 Å². The van der Waals surface area contributed by atoms with E-state index in [0.29, 0.717) is 0 Å². The van der Waals surface area contributed by atoms with Gasteiger partial charge in [0.15, 0.2) is 0 Å². The highest BCUT2D eigenvalue weighted by Gasteiger charge is 2.26. The van der Waals surface area contributed by atoms with Gasteiger partial charge in [-0.25, -0.2) is 13.9 Å². The summed E-state index contributed by atoms with van der Waals surface area (Å²) in [5.41, 5.74) is 2.14. The number of halogens is 1. The van der Waals surface area contributed by atoms with Crippen molar-refractivity contribution in [1.29, 1.82) is 0 Å². The van der Waals surface area contributed by atoms with Crippen LogP contribution in [-0.2, 0) is 6.42 Å². The topological polar surface area (TPSA) is 42.2 Å². The van der Waals surface area contributed by atoms with Crippen molar-refractivity contribution in [3.8, 4) is 0 Å². The molecule has 0 bridgehead atoms. The lowest BCUT2D eigenvalue weighted by atomic mass is 10.00. The highest BCUT2D eigenvalue weighted by Crippen LogP contribution is 2.34. The van der Waals surface area contributed by atoms with Crippen molar-refractivity contribution < 1.29 is 4.39 Å². The molecular weight excluding hydrogens is 263 g/mol. The fraction of sp³-hybridized carbons (Fsp3) is 0.231. The van der Waals surface area contributed by atoms with Crippen LogP contribution in [0.5, 0.6) is 0 Å². The van der Waals surface area contributed by atoms with Gasteiger partial charge < -0.3 is 5.32 Å². The third-order valence-corrected chi connectivity index (χ3v) is 4.56. The van der Waals surface area contributed by atoms with Crippen molar-refractivity contribution in [1.82, 2.24) is 19.9 Å². The Hall–Kier alpha value is -1.79. The second kappa shape index (κ2) is 4.11. The van der Waals surface area contributed by atoms with Crippen LogP contribution in [0.25, 0.3) is 4.96 Å². The first kappa shape index (κ1) is 11.1. The first-order valence-corrected chi connectivity index (χ1v) is 6.95. The summed E-state index contributed by atoms with van der Waals surface area (Å²) >= 11 is 1.62. The molecule has 3 aromatic rings. The van der Waals surface area contributed by atoms with Gasteiger partial charge in [-0.3, -0.25) is 0 Å². The maximum absolute atomic E-state index is 13.4. The average Bonchev–Trinajstić information content (AvgIpc) is 2.98. The molecule has 0 amide bonds. The van der Waals surface area contributed by atoms with Crippen LogP contribution in [0.15, 0.2) is 30.6 Å². The smallest absolute Gasteiger partial charge is 0.212 e. The second-order valence-electron chi connectivity index (χ2n) is 4.56. The van der Waals surface area contributed by atoms with E-state index in [0.717, 1.165) is 23.5 Å². The van der Waals surface area contributed by atoms with E-state index in [2.05, 4.69) is 15.4 Å². The molecule has 4 rings (SSSR count). The lowest BCUT2D eigenvalue weighted by Gasteiger charge is -2.23. The summed E-state index contributed by atoms with van der Waals surface area (Å²) in [6.07, 6.45) is 2.50. The number of nitrogens with zero attached hydrogens (tertiary/aromatic N) is 3. The molecule has 4 nitrogen and oxygen atoms in total. The third kappa shape index (κ3) is 1.67. The quantitative estimate of drug-likeness (QED) is 0.739. The molecule has 6 heteroatoms. The van der Waals surface area contributed by atoms with Crippen molar-refractivity contribution in [3.63, 3.8) is 0 Å². The first-order valence-electron chi connectivity index (χ1n) is 6.13. The Morgan fingerprint density at radius 1 is 1.42 bits per heavy atom. The summed E-state index contributed by atoms with van der Waals surface area (Å²) in [7, 11) is 0. The van der Waals surface area contributed by atoms with E-state index in [-0.39, 0.29) is 11.9 Å². The predicted molar refractivity (Wildman–Crippen MR) is 70.8 cm³/mol. The van der Waals surface area contributed by atoms with Gasteiger partial charge in [0.1, 0.15) is 12.1 Å². The van der Waals surface area contributed by atoms with Crippen molar-refractivity contribution >= 4 is 16.3 Å². The van der Waals surface area contributed by atoms with Gasteiger partial charge in [-0.2, -0.15) is 5.10 Å². The maximum Gasteiger partial charge on any atom is 0.212 e. The van der Waals surface area contributed by atoms with Gasteiger partial charge in [0.2, 0.25) is 4.96 Å². The van der Waals surface area contributed by atoms with Gasteiger partial charge in [-0.05, 0) is 17.7 Å². The standard InChI is InChI=1S/C13H11FN4S/c14-9-3-1-2-8(6-9)11-12-10(4-5-15-11)18-13(19-12)16-7-17-18/h1-3,6-7,11,15H,4-5H2. The lowest BCUT2D eigenvalue weighted by Crippen LogP contribution is -2.30. The summed E-state index contributed by atoms with van der Waals surface area (Å²) < 4.78 is 15.3. The molecule has 96 valence electrons. The average molecular weight is 274 g/mol. The first-order chi connectivity index (χ1) is 9.33. The van der Waals surface area contributed by atoms with E-state index in [4.69, 9.17) is 0 Å². The summed E-state index contributed by atoms with van der Waals surface area (Å²) in [5.74, 6) is -0.203. The third-order valence-electron chi connectivity index (χ3n) is 3.41. The molecule has 1 unspecified atom stereocenters. The Kier molecular flexibility index (Phi) is 2.39. The molecule has 0 aliphatic carbocycles. The Bertz CT molecular complexity index is 748. The van der Waals surface area contributed by atoms with Crippen LogP contribution in [0.1, 0.15) is 22.2 Å². The molecule has 1 aliphatic heterocycles. The maximum atomic E-state index is 13.4. The number of hydrogen-bond donors (Lipinski definition) is 1. The predicted octanol–water partition coefficient (Wildman–Crippen LogP) is 2.17. The Morgan fingerprint density at radius 2 is 2.37 bits per heavy atom. The number of fused-ring (bicyclic) bond motifs is 3. The Labute approximate surface area is 112 Å². The second-order valence-corrected chi connectivity index (χ2v) is 5.57. The number of aromatic nitrogens is 3. The van der Waals surface area contributed by atoms with Crippen molar-refractivity contribution in [3.05, 3.63) is 52.5 Å². The van der Waals surface area contributed by atoms with Gasteiger partial charge in [-0.15, -0.1) is 0 Å². The van der Waals surface area contributed by atoms with Gasteiger partial charge in [0.05, 0.1) is 16.6 Å². The molecule has 3 heterocycles. The fourth-order valence-corrected chi connectivity index (χ4v) is 3.77. The highest BCUT2D eigenvalue weighted by molar-refractivity contribution is 7.17.